The molecule has 1 saturated heterocycles. The number of carbonyl (C=O) groups is 2. The van der Waals surface area contributed by atoms with E-state index in [0.29, 0.717) is 22.2 Å². The van der Waals surface area contributed by atoms with Crippen molar-refractivity contribution in [2.45, 2.75) is 64.5 Å². The molecule has 4 rings (SSSR count). The number of fused-ring (bicyclic) bond motifs is 1. The minimum atomic E-state index is -0.877. The zero-order valence-corrected chi connectivity index (χ0v) is 22.9. The zero-order valence-electron chi connectivity index (χ0n) is 21.4. The van der Waals surface area contributed by atoms with E-state index in [9.17, 15) is 9.59 Å². The number of rotatable bonds is 4. The van der Waals surface area contributed by atoms with Crippen LogP contribution in [0.3, 0.4) is 0 Å². The minimum Gasteiger partial charge on any atom is -0.497 e. The van der Waals surface area contributed by atoms with E-state index in [1.165, 1.54) is 4.90 Å². The number of hydrogen-bond donors (Lipinski definition) is 0. The van der Waals surface area contributed by atoms with Gasteiger partial charge in [0.15, 0.2) is 0 Å². The van der Waals surface area contributed by atoms with Crippen LogP contribution in [0.25, 0.3) is 0 Å². The van der Waals surface area contributed by atoms with Crippen molar-refractivity contribution in [1.82, 2.24) is 9.88 Å². The molecule has 1 fully saturated rings. The molecule has 1 aliphatic carbocycles. The lowest BCUT2D eigenvalue weighted by atomic mass is 9.58. The van der Waals surface area contributed by atoms with Crippen LogP contribution in [0.4, 0.5) is 4.79 Å². The zero-order chi connectivity index (χ0) is 26.4. The largest absolute Gasteiger partial charge is 0.497 e. The molecule has 1 aromatic carbocycles. The molecule has 8 heteroatoms. The average molecular weight is 531 g/mol. The first-order chi connectivity index (χ1) is 16.9. The number of benzene rings is 1. The van der Waals surface area contributed by atoms with Gasteiger partial charge in [-0.3, -0.25) is 9.78 Å². The quantitative estimate of drug-likeness (QED) is 0.397. The van der Waals surface area contributed by atoms with E-state index in [4.69, 9.17) is 32.7 Å². The third kappa shape index (κ3) is 4.50. The van der Waals surface area contributed by atoms with E-state index in [0.717, 1.165) is 11.3 Å². The SMILES string of the molecule is CC[C@@]12C=C[C@@H](c3ccc(OC)cc3Cl)[C@H](c3ccc(Cl)cn3)[C@@H]1[C@H](C)N(C(=O)OC(C)(C)C)C2=O. The van der Waals surface area contributed by atoms with Crippen LogP contribution in [0.5, 0.6) is 5.75 Å². The Kier molecular flexibility index (Phi) is 7.15. The first kappa shape index (κ1) is 26.5. The Morgan fingerprint density at radius 3 is 2.47 bits per heavy atom. The van der Waals surface area contributed by atoms with Crippen molar-refractivity contribution >= 4 is 35.2 Å². The van der Waals surface area contributed by atoms with Gasteiger partial charge in [0, 0.05) is 40.7 Å². The molecule has 1 aliphatic heterocycles. The highest BCUT2D eigenvalue weighted by atomic mass is 35.5. The lowest BCUT2D eigenvalue weighted by molar-refractivity contribution is -0.134. The molecule has 0 unspecified atom stereocenters. The fraction of sp³-hybridized carbons (Fsp3) is 0.464. The molecule has 36 heavy (non-hydrogen) atoms. The number of imide groups is 1. The second-order valence-electron chi connectivity index (χ2n) is 10.5. The fourth-order valence-electron chi connectivity index (χ4n) is 5.78. The number of amides is 2. The normalized spacial score (nSPS) is 27.7. The predicted molar refractivity (Wildman–Crippen MR) is 141 cm³/mol. The Morgan fingerprint density at radius 2 is 1.92 bits per heavy atom. The molecule has 0 spiro atoms. The molecule has 5 atom stereocenters. The summed E-state index contributed by atoms with van der Waals surface area (Å²) < 4.78 is 11.0. The van der Waals surface area contributed by atoms with Gasteiger partial charge in [-0.25, -0.2) is 9.69 Å². The van der Waals surface area contributed by atoms with Crippen LogP contribution >= 0.6 is 23.2 Å². The van der Waals surface area contributed by atoms with Gasteiger partial charge in [0.25, 0.3) is 0 Å². The lowest BCUT2D eigenvalue weighted by Crippen LogP contribution is -2.43. The molecule has 2 amide bonds. The smallest absolute Gasteiger partial charge is 0.417 e. The highest BCUT2D eigenvalue weighted by molar-refractivity contribution is 6.31. The van der Waals surface area contributed by atoms with Gasteiger partial charge in [-0.1, -0.05) is 48.3 Å². The van der Waals surface area contributed by atoms with Gasteiger partial charge >= 0.3 is 6.09 Å². The minimum absolute atomic E-state index is 0.185. The maximum absolute atomic E-state index is 13.9. The molecule has 192 valence electrons. The van der Waals surface area contributed by atoms with Gasteiger partial charge in [0.1, 0.15) is 11.4 Å². The number of methoxy groups -OCH3 is 1. The van der Waals surface area contributed by atoms with Crippen molar-refractivity contribution in [2.75, 3.05) is 7.11 Å². The first-order valence-corrected chi connectivity index (χ1v) is 12.9. The fourth-order valence-corrected chi connectivity index (χ4v) is 6.19. The van der Waals surface area contributed by atoms with E-state index in [-0.39, 0.29) is 23.7 Å². The Balaban J connectivity index is 1.88. The summed E-state index contributed by atoms with van der Waals surface area (Å²) in [5.74, 6) is -0.274. The topological polar surface area (TPSA) is 68.7 Å². The van der Waals surface area contributed by atoms with Gasteiger partial charge in [-0.15, -0.1) is 0 Å². The molecule has 2 aliphatic rings. The van der Waals surface area contributed by atoms with Crippen molar-refractivity contribution in [3.63, 3.8) is 0 Å². The molecule has 0 N–H and O–H groups in total. The van der Waals surface area contributed by atoms with Gasteiger partial charge < -0.3 is 9.47 Å². The third-order valence-corrected chi connectivity index (χ3v) is 7.90. The van der Waals surface area contributed by atoms with Gasteiger partial charge in [0.2, 0.25) is 5.91 Å². The molecule has 2 aromatic rings. The van der Waals surface area contributed by atoms with Crippen LogP contribution in [0, 0.1) is 11.3 Å². The molecular weight excluding hydrogens is 499 g/mol. The van der Waals surface area contributed by atoms with E-state index >= 15 is 0 Å². The monoisotopic (exact) mass is 530 g/mol. The highest BCUT2D eigenvalue weighted by Gasteiger charge is 2.63. The lowest BCUT2D eigenvalue weighted by Gasteiger charge is -2.43. The molecule has 1 aromatic heterocycles. The molecule has 2 heterocycles. The number of carbonyl (C=O) groups excluding carboxylic acids is 2. The molecular formula is C28H32Cl2N2O4. The van der Waals surface area contributed by atoms with Crippen LogP contribution in [-0.4, -0.2) is 40.6 Å². The van der Waals surface area contributed by atoms with Crippen LogP contribution in [-0.2, 0) is 9.53 Å². The summed E-state index contributed by atoms with van der Waals surface area (Å²) >= 11 is 12.9. The van der Waals surface area contributed by atoms with Gasteiger partial charge in [0.05, 0.1) is 17.5 Å². The summed E-state index contributed by atoms with van der Waals surface area (Å²) in [6.45, 7) is 9.27. The number of likely N-dealkylation sites (tertiary alicyclic amines) is 1. The third-order valence-electron chi connectivity index (χ3n) is 7.35. The van der Waals surface area contributed by atoms with Crippen LogP contribution in [0.2, 0.25) is 10.0 Å². The molecule has 6 nitrogen and oxygen atoms in total. The molecule has 0 radical (unpaired) electrons. The maximum atomic E-state index is 13.9. The van der Waals surface area contributed by atoms with E-state index in [2.05, 4.69) is 4.98 Å². The Hall–Kier alpha value is -2.57. The summed E-state index contributed by atoms with van der Waals surface area (Å²) in [4.78, 5) is 33.2. The van der Waals surface area contributed by atoms with Gasteiger partial charge in [-0.05, 0) is 63.9 Å². The second-order valence-corrected chi connectivity index (χ2v) is 11.4. The molecule has 0 bridgehead atoms. The van der Waals surface area contributed by atoms with Crippen molar-refractivity contribution < 1.29 is 19.1 Å². The van der Waals surface area contributed by atoms with E-state index < -0.39 is 23.2 Å². The van der Waals surface area contributed by atoms with Crippen LogP contribution < -0.4 is 4.74 Å². The maximum Gasteiger partial charge on any atom is 0.417 e. The number of nitrogens with zero attached hydrogens (tertiary/aromatic N) is 2. The predicted octanol–water partition coefficient (Wildman–Crippen LogP) is 7.01. The number of pyridine rings is 1. The Bertz CT molecular complexity index is 1190. The summed E-state index contributed by atoms with van der Waals surface area (Å²) in [6, 6.07) is 8.87. The average Bonchev–Trinajstić information content (AvgIpc) is 3.05. The Morgan fingerprint density at radius 1 is 1.19 bits per heavy atom. The van der Waals surface area contributed by atoms with Gasteiger partial charge in [-0.2, -0.15) is 0 Å². The number of ether oxygens (including phenoxy) is 2. The second kappa shape index (κ2) is 9.71. The number of allylic oxidation sites excluding steroid dienone is 1. The van der Waals surface area contributed by atoms with E-state index in [1.807, 2.05) is 44.2 Å². The summed E-state index contributed by atoms with van der Waals surface area (Å²) in [7, 11) is 1.60. The summed E-state index contributed by atoms with van der Waals surface area (Å²) in [6.07, 6.45) is 5.53. The first-order valence-electron chi connectivity index (χ1n) is 12.1. The summed E-state index contributed by atoms with van der Waals surface area (Å²) in [5.41, 5.74) is 0.0818. The molecule has 0 saturated carbocycles. The van der Waals surface area contributed by atoms with Crippen molar-refractivity contribution in [3.05, 3.63) is 70.0 Å². The highest BCUT2D eigenvalue weighted by Crippen LogP contribution is 2.59. The number of halogens is 2. The van der Waals surface area contributed by atoms with Crippen molar-refractivity contribution in [1.29, 1.82) is 0 Å². The Labute approximate surface area is 222 Å². The van der Waals surface area contributed by atoms with Crippen molar-refractivity contribution in [3.8, 4) is 5.75 Å². The van der Waals surface area contributed by atoms with Crippen LogP contribution in [0.15, 0.2) is 48.7 Å². The van der Waals surface area contributed by atoms with E-state index in [1.54, 1.807) is 46.2 Å². The number of aromatic nitrogens is 1. The number of hydrogen-bond acceptors (Lipinski definition) is 5. The van der Waals surface area contributed by atoms with Crippen molar-refractivity contribution in [2.24, 2.45) is 11.3 Å². The summed E-state index contributed by atoms with van der Waals surface area (Å²) in [5, 5.41) is 1.09. The standard InChI is InChI=1S/C28H32Cl2N2O4/c1-7-28-13-12-20(19-10-9-18(35-6)14-21(19)30)23(22-11-8-17(29)15-31-22)24(28)16(2)32(25(28)33)26(34)36-27(3,4)5/h8-16,20,23-24H,7H2,1-6H3/t16-,20-,23+,24-,28+/m0/s1. The van der Waals surface area contributed by atoms with Crippen LogP contribution in [0.1, 0.15) is 64.1 Å².